The fourth-order valence-electron chi connectivity index (χ4n) is 4.33. The van der Waals surface area contributed by atoms with Crippen molar-refractivity contribution >= 4 is 28.4 Å². The second-order valence-electron chi connectivity index (χ2n) is 8.63. The first-order chi connectivity index (χ1) is 16.5. The number of nitrogens with zero attached hydrogens (tertiary/aromatic N) is 2. The largest absolute Gasteiger partial charge is 0.381 e. The Hall–Kier alpha value is -3.42. The number of hydrogen-bond donors (Lipinski definition) is 2. The summed E-state index contributed by atoms with van der Waals surface area (Å²) in [4.78, 5) is 25.2. The van der Waals surface area contributed by atoms with Crippen molar-refractivity contribution < 1.29 is 9.53 Å². The van der Waals surface area contributed by atoms with Crippen molar-refractivity contribution in [1.29, 1.82) is 0 Å². The maximum absolute atomic E-state index is 12.7. The number of benzene rings is 2. The minimum Gasteiger partial charge on any atom is -0.381 e. The average molecular weight is 477 g/mol. The number of nitrogens with one attached hydrogen (secondary N) is 2. The van der Waals surface area contributed by atoms with Gasteiger partial charge in [-0.2, -0.15) is 5.10 Å². The van der Waals surface area contributed by atoms with E-state index in [1.807, 2.05) is 36.4 Å². The first-order valence-corrected chi connectivity index (χ1v) is 11.7. The lowest BCUT2D eigenvalue weighted by Gasteiger charge is -2.21. The molecule has 5 rings (SSSR count). The molecule has 0 radical (unpaired) electrons. The summed E-state index contributed by atoms with van der Waals surface area (Å²) in [6.45, 7) is 3.91. The van der Waals surface area contributed by atoms with Crippen molar-refractivity contribution in [2.45, 2.75) is 19.8 Å². The molecule has 174 valence electrons. The number of ether oxygens (including phenoxy) is 1. The van der Waals surface area contributed by atoms with Crippen molar-refractivity contribution in [2.75, 3.05) is 19.8 Å². The van der Waals surface area contributed by atoms with E-state index >= 15 is 0 Å². The summed E-state index contributed by atoms with van der Waals surface area (Å²) in [6, 6.07) is 14.9. The molecule has 0 aliphatic carbocycles. The van der Waals surface area contributed by atoms with Crippen molar-refractivity contribution in [3.05, 3.63) is 81.4 Å². The van der Waals surface area contributed by atoms with Gasteiger partial charge in [0.25, 0.3) is 11.5 Å². The van der Waals surface area contributed by atoms with Crippen LogP contribution < -0.4 is 10.9 Å². The van der Waals surface area contributed by atoms with E-state index in [1.54, 1.807) is 29.8 Å². The summed E-state index contributed by atoms with van der Waals surface area (Å²) in [5.74, 6) is 0.256. The van der Waals surface area contributed by atoms with Crippen molar-refractivity contribution in [1.82, 2.24) is 20.1 Å². The van der Waals surface area contributed by atoms with E-state index in [-0.39, 0.29) is 11.5 Å². The molecule has 1 aliphatic rings. The van der Waals surface area contributed by atoms with Crippen LogP contribution in [0.2, 0.25) is 5.02 Å². The molecule has 1 amide bonds. The Kier molecular flexibility index (Phi) is 6.22. The number of halogens is 1. The molecule has 34 heavy (non-hydrogen) atoms. The SMILES string of the molecule is Cc1cccn(-c2ccc(-c3ccc4c(C(=O)NCC5CCOCC5)n[nH]c4c3)c(Cl)c2)c1=O. The molecular formula is C26H25ClN4O3. The standard InChI is InChI=1S/C26H25ClN4O3/c1-16-3-2-10-31(26(16)33)19-5-7-20(22(27)14-19)18-4-6-21-23(13-18)29-30-24(21)25(32)28-15-17-8-11-34-12-9-17/h2-7,10,13-14,17H,8-9,11-12,15H2,1H3,(H,28,32)(H,29,30). The Morgan fingerprint density at radius 2 is 2.03 bits per heavy atom. The number of amides is 1. The molecule has 1 fully saturated rings. The first kappa shape index (κ1) is 22.4. The number of H-pyrrole nitrogens is 1. The molecule has 4 aromatic rings. The van der Waals surface area contributed by atoms with Crippen molar-refractivity contribution in [2.24, 2.45) is 5.92 Å². The van der Waals surface area contributed by atoms with E-state index < -0.39 is 0 Å². The Morgan fingerprint density at radius 3 is 2.82 bits per heavy atom. The zero-order chi connectivity index (χ0) is 23.7. The summed E-state index contributed by atoms with van der Waals surface area (Å²) >= 11 is 6.61. The van der Waals surface area contributed by atoms with Crippen molar-refractivity contribution in [3.8, 4) is 16.8 Å². The number of aryl methyl sites for hydroxylation is 1. The maximum atomic E-state index is 12.7. The highest BCUT2D eigenvalue weighted by atomic mass is 35.5. The summed E-state index contributed by atoms with van der Waals surface area (Å²) < 4.78 is 6.95. The van der Waals surface area contributed by atoms with Gasteiger partial charge < -0.3 is 10.1 Å². The van der Waals surface area contributed by atoms with Crippen LogP contribution in [-0.2, 0) is 4.74 Å². The number of rotatable bonds is 5. The van der Waals surface area contributed by atoms with Gasteiger partial charge >= 0.3 is 0 Å². The molecule has 1 aliphatic heterocycles. The van der Waals surface area contributed by atoms with Crippen LogP contribution >= 0.6 is 11.6 Å². The van der Waals surface area contributed by atoms with Gasteiger partial charge in [0.15, 0.2) is 5.69 Å². The number of fused-ring (bicyclic) bond motifs is 1. The molecule has 0 atom stereocenters. The minimum atomic E-state index is -0.184. The van der Waals surface area contributed by atoms with E-state index in [9.17, 15) is 9.59 Å². The monoisotopic (exact) mass is 476 g/mol. The van der Waals surface area contributed by atoms with Gasteiger partial charge in [-0.3, -0.25) is 19.3 Å². The van der Waals surface area contributed by atoms with Crippen LogP contribution in [0.25, 0.3) is 27.7 Å². The van der Waals surface area contributed by atoms with E-state index in [0.717, 1.165) is 48.1 Å². The molecule has 2 aromatic heterocycles. The fraction of sp³-hybridized carbons (Fsp3) is 0.269. The molecule has 8 heteroatoms. The number of carbonyl (C=O) groups excluding carboxylic acids is 1. The van der Waals surface area contributed by atoms with E-state index in [2.05, 4.69) is 15.5 Å². The summed E-state index contributed by atoms with van der Waals surface area (Å²) in [5.41, 5.74) is 4.14. The third-order valence-electron chi connectivity index (χ3n) is 6.35. The van der Waals surface area contributed by atoms with Crippen LogP contribution in [0, 0.1) is 12.8 Å². The molecule has 2 aromatic carbocycles. The molecule has 2 N–H and O–H groups in total. The van der Waals surface area contributed by atoms with Crippen LogP contribution in [0.3, 0.4) is 0 Å². The third kappa shape index (κ3) is 4.36. The summed E-state index contributed by atoms with van der Waals surface area (Å²) in [7, 11) is 0. The molecule has 0 saturated carbocycles. The Bertz CT molecular complexity index is 1420. The van der Waals surface area contributed by atoms with Gasteiger partial charge in [0.05, 0.1) is 16.2 Å². The molecule has 0 unspecified atom stereocenters. The zero-order valence-corrected chi connectivity index (χ0v) is 19.6. The lowest BCUT2D eigenvalue weighted by atomic mass is 10.0. The average Bonchev–Trinajstić information content (AvgIpc) is 3.28. The van der Waals surface area contributed by atoms with E-state index in [0.29, 0.717) is 34.4 Å². The lowest BCUT2D eigenvalue weighted by molar-refractivity contribution is 0.0642. The quantitative estimate of drug-likeness (QED) is 0.444. The second kappa shape index (κ2) is 9.44. The number of pyridine rings is 1. The minimum absolute atomic E-state index is 0.0761. The highest BCUT2D eigenvalue weighted by Crippen LogP contribution is 2.32. The van der Waals surface area contributed by atoms with E-state index in [4.69, 9.17) is 16.3 Å². The van der Waals surface area contributed by atoms with Crippen LogP contribution in [0.15, 0.2) is 59.5 Å². The molecule has 7 nitrogen and oxygen atoms in total. The predicted octanol–water partition coefficient (Wildman–Crippen LogP) is 4.50. The zero-order valence-electron chi connectivity index (χ0n) is 18.8. The molecule has 0 spiro atoms. The normalized spacial score (nSPS) is 14.4. The van der Waals surface area contributed by atoms with Crippen LogP contribution in [0.4, 0.5) is 0 Å². The number of aromatic nitrogens is 3. The second-order valence-corrected chi connectivity index (χ2v) is 9.04. The van der Waals surface area contributed by atoms with Gasteiger partial charge in [-0.25, -0.2) is 0 Å². The van der Waals surface area contributed by atoms with Crippen LogP contribution in [0.1, 0.15) is 28.9 Å². The Balaban J connectivity index is 1.38. The lowest BCUT2D eigenvalue weighted by Crippen LogP contribution is -2.32. The number of hydrogen-bond acceptors (Lipinski definition) is 4. The molecule has 1 saturated heterocycles. The van der Waals surface area contributed by atoms with Gasteiger partial charge in [0, 0.05) is 42.5 Å². The Labute approximate surface area is 201 Å². The molecule has 0 bridgehead atoms. The predicted molar refractivity (Wildman–Crippen MR) is 133 cm³/mol. The number of carbonyl (C=O) groups is 1. The number of aromatic amines is 1. The third-order valence-corrected chi connectivity index (χ3v) is 6.66. The first-order valence-electron chi connectivity index (χ1n) is 11.3. The molecular weight excluding hydrogens is 452 g/mol. The summed E-state index contributed by atoms with van der Waals surface area (Å²) in [6.07, 6.45) is 3.65. The maximum Gasteiger partial charge on any atom is 0.272 e. The van der Waals surface area contributed by atoms with Gasteiger partial charge in [0.1, 0.15) is 0 Å². The fourth-order valence-corrected chi connectivity index (χ4v) is 4.61. The van der Waals surface area contributed by atoms with Gasteiger partial charge in [-0.05, 0) is 61.6 Å². The smallest absolute Gasteiger partial charge is 0.272 e. The van der Waals surface area contributed by atoms with Crippen LogP contribution in [0.5, 0.6) is 0 Å². The van der Waals surface area contributed by atoms with Crippen LogP contribution in [-0.4, -0.2) is 40.4 Å². The summed E-state index contributed by atoms with van der Waals surface area (Å²) in [5, 5.41) is 11.5. The van der Waals surface area contributed by atoms with Crippen molar-refractivity contribution in [3.63, 3.8) is 0 Å². The Morgan fingerprint density at radius 1 is 1.21 bits per heavy atom. The topological polar surface area (TPSA) is 89.0 Å². The van der Waals surface area contributed by atoms with E-state index in [1.165, 1.54) is 0 Å². The molecule has 3 heterocycles. The van der Waals surface area contributed by atoms with Gasteiger partial charge in [-0.15, -0.1) is 0 Å². The van der Waals surface area contributed by atoms with Gasteiger partial charge in [0.2, 0.25) is 0 Å². The highest BCUT2D eigenvalue weighted by molar-refractivity contribution is 6.33. The highest BCUT2D eigenvalue weighted by Gasteiger charge is 2.19. The van der Waals surface area contributed by atoms with Gasteiger partial charge in [-0.1, -0.05) is 29.8 Å².